The molecule has 0 unspecified atom stereocenters. The van der Waals surface area contributed by atoms with Crippen molar-refractivity contribution in [3.05, 3.63) is 28.8 Å². The zero-order valence-corrected chi connectivity index (χ0v) is 8.38. The van der Waals surface area contributed by atoms with Gasteiger partial charge in [0, 0.05) is 16.7 Å². The minimum Gasteiger partial charge on any atom is -0.369 e. The van der Waals surface area contributed by atoms with Crippen molar-refractivity contribution in [1.82, 2.24) is 0 Å². The summed E-state index contributed by atoms with van der Waals surface area (Å²) in [5.41, 5.74) is 5.70. The molecule has 2 N–H and O–H groups in total. The Morgan fingerprint density at radius 3 is 2.86 bits per heavy atom. The van der Waals surface area contributed by atoms with Gasteiger partial charge in [0.05, 0.1) is 13.5 Å². The van der Waals surface area contributed by atoms with Crippen molar-refractivity contribution in [2.24, 2.45) is 5.73 Å². The SMILES string of the molecule is COOc1cc(Cl)ccc1CC(N)=O. The standard InChI is InChI=1S/C9H10ClNO3/c1-13-14-8-5-7(10)3-2-6(8)4-9(11)12/h2-3,5H,4H2,1H3,(H2,11,12). The highest BCUT2D eigenvalue weighted by Crippen LogP contribution is 2.23. The molecule has 0 radical (unpaired) electrons. The van der Waals surface area contributed by atoms with Crippen molar-refractivity contribution in [2.45, 2.75) is 6.42 Å². The van der Waals surface area contributed by atoms with Gasteiger partial charge in [0.2, 0.25) is 5.91 Å². The number of nitrogens with two attached hydrogens (primary N) is 1. The lowest BCUT2D eigenvalue weighted by atomic mass is 10.1. The average molecular weight is 216 g/mol. The predicted octanol–water partition coefficient (Wildman–Crippen LogP) is 1.31. The summed E-state index contributed by atoms with van der Waals surface area (Å²) in [6.07, 6.45) is 0.0931. The highest BCUT2D eigenvalue weighted by atomic mass is 35.5. The molecular formula is C9H10ClNO3. The maximum absolute atomic E-state index is 10.7. The summed E-state index contributed by atoms with van der Waals surface area (Å²) in [5.74, 6) is -0.0351. The molecule has 0 spiro atoms. The van der Waals surface area contributed by atoms with Crippen molar-refractivity contribution in [3.8, 4) is 5.75 Å². The lowest BCUT2D eigenvalue weighted by Gasteiger charge is -2.06. The van der Waals surface area contributed by atoms with Crippen molar-refractivity contribution in [1.29, 1.82) is 0 Å². The molecule has 76 valence electrons. The second-order valence-electron chi connectivity index (χ2n) is 2.65. The summed E-state index contributed by atoms with van der Waals surface area (Å²) in [7, 11) is 1.37. The van der Waals surface area contributed by atoms with Crippen LogP contribution in [0, 0.1) is 0 Å². The topological polar surface area (TPSA) is 61.6 Å². The number of hydrogen-bond acceptors (Lipinski definition) is 3. The Kier molecular flexibility index (Phi) is 3.73. The molecule has 0 aromatic heterocycles. The van der Waals surface area contributed by atoms with Crippen LogP contribution < -0.4 is 10.6 Å². The zero-order chi connectivity index (χ0) is 10.6. The number of rotatable bonds is 4. The maximum Gasteiger partial charge on any atom is 0.221 e. The second kappa shape index (κ2) is 4.83. The van der Waals surface area contributed by atoms with Gasteiger partial charge in [0.1, 0.15) is 0 Å². The van der Waals surface area contributed by atoms with Gasteiger partial charge in [-0.15, -0.1) is 0 Å². The first-order valence-electron chi connectivity index (χ1n) is 3.91. The van der Waals surface area contributed by atoms with Crippen LogP contribution in [0.15, 0.2) is 18.2 Å². The van der Waals surface area contributed by atoms with E-state index in [1.54, 1.807) is 18.2 Å². The molecule has 0 aliphatic rings. The molecule has 4 nitrogen and oxygen atoms in total. The summed E-state index contributed by atoms with van der Waals surface area (Å²) in [6.45, 7) is 0. The Balaban J connectivity index is 2.95. The number of benzene rings is 1. The molecule has 0 aliphatic heterocycles. The third-order valence-corrected chi connectivity index (χ3v) is 1.80. The van der Waals surface area contributed by atoms with Gasteiger partial charge < -0.3 is 10.6 Å². The van der Waals surface area contributed by atoms with Gasteiger partial charge in [-0.1, -0.05) is 17.7 Å². The van der Waals surface area contributed by atoms with Crippen LogP contribution in [0.3, 0.4) is 0 Å². The quantitative estimate of drug-likeness (QED) is 0.609. The number of carbonyl (C=O) groups excluding carboxylic acids is 1. The fourth-order valence-electron chi connectivity index (χ4n) is 1.03. The maximum atomic E-state index is 10.7. The van der Waals surface area contributed by atoms with Crippen LogP contribution in [0.25, 0.3) is 0 Å². The molecule has 0 atom stereocenters. The van der Waals surface area contributed by atoms with Crippen LogP contribution in [0.4, 0.5) is 0 Å². The van der Waals surface area contributed by atoms with E-state index in [0.717, 1.165) is 0 Å². The molecule has 1 amide bonds. The van der Waals surface area contributed by atoms with Crippen LogP contribution in [-0.4, -0.2) is 13.0 Å². The summed E-state index contributed by atoms with van der Waals surface area (Å²) < 4.78 is 0. The van der Waals surface area contributed by atoms with Gasteiger partial charge in [0.25, 0.3) is 0 Å². The minimum absolute atomic E-state index is 0.0931. The number of hydrogen-bond donors (Lipinski definition) is 1. The molecule has 0 aliphatic carbocycles. The minimum atomic E-state index is -0.437. The molecule has 0 heterocycles. The van der Waals surface area contributed by atoms with Crippen molar-refractivity contribution in [2.75, 3.05) is 7.11 Å². The van der Waals surface area contributed by atoms with E-state index in [1.807, 2.05) is 0 Å². The molecule has 5 heteroatoms. The highest BCUT2D eigenvalue weighted by molar-refractivity contribution is 6.30. The number of halogens is 1. The molecule has 1 aromatic carbocycles. The van der Waals surface area contributed by atoms with Gasteiger partial charge in [-0.2, -0.15) is 4.89 Å². The zero-order valence-electron chi connectivity index (χ0n) is 7.62. The number of amides is 1. The van der Waals surface area contributed by atoms with Crippen LogP contribution in [0.2, 0.25) is 5.02 Å². The number of primary amides is 1. The van der Waals surface area contributed by atoms with E-state index in [0.29, 0.717) is 16.3 Å². The average Bonchev–Trinajstić information content (AvgIpc) is 2.09. The molecule has 1 aromatic rings. The second-order valence-corrected chi connectivity index (χ2v) is 3.08. The van der Waals surface area contributed by atoms with Crippen LogP contribution in [0.1, 0.15) is 5.56 Å². The fraction of sp³-hybridized carbons (Fsp3) is 0.222. The first-order valence-corrected chi connectivity index (χ1v) is 4.28. The van der Waals surface area contributed by atoms with E-state index in [1.165, 1.54) is 7.11 Å². The van der Waals surface area contributed by atoms with Crippen LogP contribution >= 0.6 is 11.6 Å². The molecule has 1 rings (SSSR count). The van der Waals surface area contributed by atoms with E-state index in [2.05, 4.69) is 4.89 Å². The van der Waals surface area contributed by atoms with Gasteiger partial charge in [-0.05, 0) is 6.07 Å². The monoisotopic (exact) mass is 215 g/mol. The van der Waals surface area contributed by atoms with Gasteiger partial charge in [-0.25, -0.2) is 0 Å². The van der Waals surface area contributed by atoms with Crippen molar-refractivity contribution < 1.29 is 14.6 Å². The normalized spacial score (nSPS) is 9.86. The first kappa shape index (κ1) is 10.8. The van der Waals surface area contributed by atoms with Crippen LogP contribution in [0.5, 0.6) is 5.75 Å². The van der Waals surface area contributed by atoms with E-state index in [9.17, 15) is 4.79 Å². The Morgan fingerprint density at radius 2 is 2.29 bits per heavy atom. The predicted molar refractivity (Wildman–Crippen MR) is 52.0 cm³/mol. The van der Waals surface area contributed by atoms with Crippen molar-refractivity contribution >= 4 is 17.5 Å². The molecular weight excluding hydrogens is 206 g/mol. The van der Waals surface area contributed by atoms with Gasteiger partial charge in [-0.3, -0.25) is 4.79 Å². The van der Waals surface area contributed by atoms with E-state index in [4.69, 9.17) is 22.2 Å². The summed E-state index contributed by atoms with van der Waals surface area (Å²) in [6, 6.07) is 4.88. The van der Waals surface area contributed by atoms with Crippen molar-refractivity contribution in [3.63, 3.8) is 0 Å². The Morgan fingerprint density at radius 1 is 1.57 bits per heavy atom. The summed E-state index contributed by atoms with van der Waals surface area (Å²) >= 11 is 5.74. The van der Waals surface area contributed by atoms with E-state index >= 15 is 0 Å². The largest absolute Gasteiger partial charge is 0.369 e. The lowest BCUT2D eigenvalue weighted by Crippen LogP contribution is -2.14. The highest BCUT2D eigenvalue weighted by Gasteiger charge is 2.08. The van der Waals surface area contributed by atoms with E-state index in [-0.39, 0.29) is 6.42 Å². The van der Waals surface area contributed by atoms with Gasteiger partial charge in [0.15, 0.2) is 5.75 Å². The summed E-state index contributed by atoms with van der Waals surface area (Å²) in [5, 5.41) is 0.505. The molecule has 0 saturated carbocycles. The third-order valence-electron chi connectivity index (χ3n) is 1.57. The first-order chi connectivity index (χ1) is 6.63. The Labute approximate surface area is 86.5 Å². The lowest BCUT2D eigenvalue weighted by molar-refractivity contribution is -0.178. The Hall–Kier alpha value is -1.26. The summed E-state index contributed by atoms with van der Waals surface area (Å²) in [4.78, 5) is 20.0. The Bertz CT molecular complexity index is 341. The molecule has 0 fully saturated rings. The van der Waals surface area contributed by atoms with Gasteiger partial charge >= 0.3 is 0 Å². The smallest absolute Gasteiger partial charge is 0.221 e. The van der Waals surface area contributed by atoms with Crippen LogP contribution in [-0.2, 0) is 16.1 Å². The fourth-order valence-corrected chi connectivity index (χ4v) is 1.19. The van der Waals surface area contributed by atoms with E-state index < -0.39 is 5.91 Å². The molecule has 0 saturated heterocycles. The molecule has 0 bridgehead atoms. The molecule has 14 heavy (non-hydrogen) atoms. The third kappa shape index (κ3) is 2.90. The number of carbonyl (C=O) groups is 1.